The smallest absolute Gasteiger partial charge is 0.338 e. The highest BCUT2D eigenvalue weighted by Crippen LogP contribution is 2.39. The second-order valence-corrected chi connectivity index (χ2v) is 4.77. The molecule has 0 bridgehead atoms. The summed E-state index contributed by atoms with van der Waals surface area (Å²) in [5.41, 5.74) is 0.981. The second-order valence-electron chi connectivity index (χ2n) is 4.77. The van der Waals surface area contributed by atoms with Crippen molar-refractivity contribution in [1.82, 2.24) is 0 Å². The molecule has 1 fully saturated rings. The summed E-state index contributed by atoms with van der Waals surface area (Å²) in [7, 11) is 0. The fraction of sp³-hybridized carbons (Fsp3) is 0.357. The number of carboxylic acid groups (broad SMARTS) is 1. The Kier molecular flexibility index (Phi) is 2.59. The highest BCUT2D eigenvalue weighted by atomic mass is 16.7. The van der Waals surface area contributed by atoms with E-state index in [1.165, 1.54) is 0 Å². The Hall–Kier alpha value is -1.81. The third-order valence-electron chi connectivity index (χ3n) is 3.61. The van der Waals surface area contributed by atoms with Crippen molar-refractivity contribution in [1.29, 1.82) is 0 Å². The molecule has 1 aromatic rings. The van der Waals surface area contributed by atoms with E-state index in [1.807, 2.05) is 36.4 Å². The summed E-state index contributed by atoms with van der Waals surface area (Å²) in [5, 5.41) is 11.0. The molecular weight excluding hydrogens is 230 g/mol. The monoisotopic (exact) mass is 245 g/mol. The van der Waals surface area contributed by atoms with Crippen LogP contribution in [-0.4, -0.2) is 23.2 Å². The molecule has 3 rings (SSSR count). The lowest BCUT2D eigenvalue weighted by Gasteiger charge is -2.41. The number of aliphatic carboxylic acids is 1. The van der Waals surface area contributed by atoms with Crippen molar-refractivity contribution in [3.63, 3.8) is 0 Å². The summed E-state index contributed by atoms with van der Waals surface area (Å²) in [6.45, 7) is 0.589. The number of para-hydroxylation sites is 1. The van der Waals surface area contributed by atoms with Crippen LogP contribution < -0.4 is 5.06 Å². The maximum atomic E-state index is 11.3. The summed E-state index contributed by atoms with van der Waals surface area (Å²) >= 11 is 0. The van der Waals surface area contributed by atoms with Crippen LogP contribution in [0.25, 0.3) is 6.08 Å². The van der Waals surface area contributed by atoms with Crippen LogP contribution in [0.3, 0.4) is 0 Å². The molecule has 0 aromatic heterocycles. The van der Waals surface area contributed by atoms with E-state index in [0.717, 1.165) is 17.7 Å². The van der Waals surface area contributed by atoms with E-state index >= 15 is 0 Å². The van der Waals surface area contributed by atoms with Crippen molar-refractivity contribution in [3.05, 3.63) is 35.9 Å². The molecule has 0 amide bonds. The highest BCUT2D eigenvalue weighted by Gasteiger charge is 2.48. The number of hydroxylamine groups is 1. The van der Waals surface area contributed by atoms with Crippen LogP contribution in [0.5, 0.6) is 0 Å². The molecule has 1 N–H and O–H groups in total. The minimum absolute atomic E-state index is 0.588. The van der Waals surface area contributed by atoms with Gasteiger partial charge in [0.05, 0.1) is 12.2 Å². The van der Waals surface area contributed by atoms with E-state index in [9.17, 15) is 9.90 Å². The molecule has 0 atom stereocenters. The Bertz CT molecular complexity index is 506. The first-order valence-corrected chi connectivity index (χ1v) is 6.17. The lowest BCUT2D eigenvalue weighted by Crippen LogP contribution is -2.52. The summed E-state index contributed by atoms with van der Waals surface area (Å²) < 4.78 is 0. The Morgan fingerprint density at radius 3 is 2.78 bits per heavy atom. The lowest BCUT2D eigenvalue weighted by atomic mass is 9.80. The molecule has 1 aliphatic carbocycles. The van der Waals surface area contributed by atoms with Gasteiger partial charge in [-0.2, -0.15) is 0 Å². The highest BCUT2D eigenvalue weighted by molar-refractivity contribution is 5.79. The van der Waals surface area contributed by atoms with Crippen molar-refractivity contribution in [2.24, 2.45) is 0 Å². The van der Waals surface area contributed by atoms with Gasteiger partial charge >= 0.3 is 5.97 Å². The Balaban J connectivity index is 1.86. The topological polar surface area (TPSA) is 49.8 Å². The van der Waals surface area contributed by atoms with Crippen molar-refractivity contribution >= 4 is 17.7 Å². The Morgan fingerprint density at radius 2 is 2.11 bits per heavy atom. The molecule has 4 nitrogen and oxygen atoms in total. The standard InChI is InChI=1S/C14H15NO3/c16-13(17)14(8-4-9-14)18-15-10-3-6-11-5-1-2-7-12(11)15/h1-3,5-7H,4,8-10H2,(H,16,17). The molecule has 94 valence electrons. The van der Waals surface area contributed by atoms with Gasteiger partial charge < -0.3 is 5.11 Å². The van der Waals surface area contributed by atoms with Gasteiger partial charge in [-0.1, -0.05) is 30.4 Å². The van der Waals surface area contributed by atoms with Gasteiger partial charge in [0.15, 0.2) is 5.60 Å². The molecule has 0 saturated heterocycles. The van der Waals surface area contributed by atoms with Crippen LogP contribution in [0.15, 0.2) is 30.3 Å². The molecule has 1 aromatic carbocycles. The number of hydrogen-bond donors (Lipinski definition) is 1. The lowest BCUT2D eigenvalue weighted by molar-refractivity contribution is -0.181. The number of rotatable bonds is 3. The quantitative estimate of drug-likeness (QED) is 0.888. The molecule has 0 spiro atoms. The van der Waals surface area contributed by atoms with Crippen LogP contribution in [-0.2, 0) is 9.63 Å². The molecule has 1 aliphatic heterocycles. The fourth-order valence-electron chi connectivity index (χ4n) is 2.37. The molecule has 2 aliphatic rings. The average Bonchev–Trinajstić information content (AvgIpc) is 2.33. The van der Waals surface area contributed by atoms with Gasteiger partial charge in [-0.3, -0.25) is 4.84 Å². The maximum absolute atomic E-state index is 11.3. The van der Waals surface area contributed by atoms with Crippen molar-refractivity contribution < 1.29 is 14.7 Å². The van der Waals surface area contributed by atoms with Gasteiger partial charge in [-0.15, -0.1) is 0 Å². The number of nitrogens with zero attached hydrogens (tertiary/aromatic N) is 1. The number of benzene rings is 1. The van der Waals surface area contributed by atoms with E-state index in [2.05, 4.69) is 0 Å². The van der Waals surface area contributed by atoms with E-state index in [0.29, 0.717) is 19.4 Å². The fourth-order valence-corrected chi connectivity index (χ4v) is 2.37. The SMILES string of the molecule is O=C(O)C1(ON2CC=Cc3ccccc32)CCC1. The van der Waals surface area contributed by atoms with E-state index in [-0.39, 0.29) is 0 Å². The predicted octanol–water partition coefficient (Wildman–Crippen LogP) is 2.46. The third-order valence-corrected chi connectivity index (χ3v) is 3.61. The van der Waals surface area contributed by atoms with Gasteiger partial charge in [0.25, 0.3) is 0 Å². The minimum Gasteiger partial charge on any atom is -0.479 e. The first-order chi connectivity index (χ1) is 8.71. The zero-order chi connectivity index (χ0) is 12.6. The van der Waals surface area contributed by atoms with Gasteiger partial charge in [-0.05, 0) is 30.9 Å². The van der Waals surface area contributed by atoms with Crippen LogP contribution in [0.2, 0.25) is 0 Å². The largest absolute Gasteiger partial charge is 0.479 e. The van der Waals surface area contributed by atoms with Crippen LogP contribution in [0.4, 0.5) is 5.69 Å². The predicted molar refractivity (Wildman–Crippen MR) is 68.1 cm³/mol. The van der Waals surface area contributed by atoms with Crippen molar-refractivity contribution in [2.75, 3.05) is 11.6 Å². The van der Waals surface area contributed by atoms with E-state index < -0.39 is 11.6 Å². The second kappa shape index (κ2) is 4.14. The van der Waals surface area contributed by atoms with Crippen LogP contribution >= 0.6 is 0 Å². The van der Waals surface area contributed by atoms with Crippen LogP contribution in [0.1, 0.15) is 24.8 Å². The zero-order valence-corrected chi connectivity index (χ0v) is 10.0. The number of carbonyl (C=O) groups is 1. The van der Waals surface area contributed by atoms with Crippen LogP contribution in [0, 0.1) is 0 Å². The summed E-state index contributed by atoms with van der Waals surface area (Å²) in [6.07, 6.45) is 6.10. The van der Waals surface area contributed by atoms with Gasteiger partial charge in [-0.25, -0.2) is 9.86 Å². The van der Waals surface area contributed by atoms with Crippen molar-refractivity contribution in [3.8, 4) is 0 Å². The molecule has 1 heterocycles. The molecule has 0 unspecified atom stereocenters. The third kappa shape index (κ3) is 1.69. The van der Waals surface area contributed by atoms with Gasteiger partial charge in [0.2, 0.25) is 0 Å². The number of hydrogen-bond acceptors (Lipinski definition) is 3. The van der Waals surface area contributed by atoms with Crippen molar-refractivity contribution in [2.45, 2.75) is 24.9 Å². The number of carboxylic acids is 1. The minimum atomic E-state index is -1.02. The average molecular weight is 245 g/mol. The maximum Gasteiger partial charge on any atom is 0.338 e. The number of fused-ring (bicyclic) bond motifs is 1. The molecule has 0 radical (unpaired) electrons. The first kappa shape index (κ1) is 11.3. The Morgan fingerprint density at radius 1 is 1.33 bits per heavy atom. The Labute approximate surface area is 105 Å². The molecule has 1 saturated carbocycles. The molecular formula is C14H15NO3. The van der Waals surface area contributed by atoms with E-state index in [1.54, 1.807) is 5.06 Å². The summed E-state index contributed by atoms with van der Waals surface area (Å²) in [5.74, 6) is -0.860. The summed E-state index contributed by atoms with van der Waals surface area (Å²) in [4.78, 5) is 17.1. The molecule has 4 heteroatoms. The summed E-state index contributed by atoms with van der Waals surface area (Å²) in [6, 6.07) is 7.84. The zero-order valence-electron chi connectivity index (χ0n) is 10.0. The normalized spacial score (nSPS) is 20.1. The number of anilines is 1. The molecule has 18 heavy (non-hydrogen) atoms. The van der Waals surface area contributed by atoms with Gasteiger partial charge in [0.1, 0.15) is 0 Å². The van der Waals surface area contributed by atoms with E-state index in [4.69, 9.17) is 4.84 Å². The first-order valence-electron chi connectivity index (χ1n) is 6.17. The van der Waals surface area contributed by atoms with Gasteiger partial charge in [0, 0.05) is 0 Å².